The van der Waals surface area contributed by atoms with E-state index in [0.717, 1.165) is 12.0 Å². The van der Waals surface area contributed by atoms with Gasteiger partial charge in [-0.3, -0.25) is 4.79 Å². The Morgan fingerprint density at radius 3 is 2.78 bits per heavy atom. The van der Waals surface area contributed by atoms with E-state index in [-0.39, 0.29) is 12.1 Å². The van der Waals surface area contributed by atoms with Gasteiger partial charge in [-0.05, 0) is 24.6 Å². The number of nitrogens with zero attached hydrogens (tertiary/aromatic N) is 1. The van der Waals surface area contributed by atoms with Gasteiger partial charge in [-0.1, -0.05) is 13.0 Å². The summed E-state index contributed by atoms with van der Waals surface area (Å²) in [7, 11) is 1.64. The molecule has 98 valence electrons. The van der Waals surface area contributed by atoms with Crippen LogP contribution in [0.1, 0.15) is 36.2 Å². The molecule has 2 rings (SSSR count). The van der Waals surface area contributed by atoms with Crippen molar-refractivity contribution < 1.29 is 14.3 Å². The van der Waals surface area contributed by atoms with Crippen molar-refractivity contribution in [2.75, 3.05) is 13.7 Å². The molecule has 1 atom stereocenters. The van der Waals surface area contributed by atoms with Crippen molar-refractivity contribution in [3.8, 4) is 5.75 Å². The second-order valence-electron chi connectivity index (χ2n) is 4.34. The van der Waals surface area contributed by atoms with E-state index in [1.54, 1.807) is 12.0 Å². The quantitative estimate of drug-likeness (QED) is 0.822. The van der Waals surface area contributed by atoms with Crippen LogP contribution in [-0.4, -0.2) is 30.7 Å². The molecular weight excluding hydrogens is 230 g/mol. The number of rotatable bonds is 4. The highest BCUT2D eigenvalue weighted by Gasteiger charge is 2.31. The van der Waals surface area contributed by atoms with E-state index in [1.807, 2.05) is 32.0 Å². The predicted octanol–water partition coefficient (Wildman–Crippen LogP) is 2.42. The molecule has 1 aliphatic rings. The summed E-state index contributed by atoms with van der Waals surface area (Å²) in [6.45, 7) is 5.15. The molecule has 4 nitrogen and oxygen atoms in total. The van der Waals surface area contributed by atoms with Gasteiger partial charge in [0.15, 0.2) is 6.23 Å². The maximum Gasteiger partial charge on any atom is 0.260 e. The summed E-state index contributed by atoms with van der Waals surface area (Å²) < 4.78 is 10.9. The maximum absolute atomic E-state index is 12.4. The van der Waals surface area contributed by atoms with Crippen molar-refractivity contribution in [3.05, 3.63) is 29.3 Å². The van der Waals surface area contributed by atoms with E-state index in [2.05, 4.69) is 0 Å². The van der Waals surface area contributed by atoms with E-state index in [4.69, 9.17) is 9.47 Å². The summed E-state index contributed by atoms with van der Waals surface area (Å²) in [6, 6.07) is 5.65. The molecule has 1 unspecified atom stereocenters. The van der Waals surface area contributed by atoms with Gasteiger partial charge >= 0.3 is 0 Å². The molecule has 1 aromatic rings. The molecule has 18 heavy (non-hydrogen) atoms. The lowest BCUT2D eigenvalue weighted by Gasteiger charge is -2.35. The molecule has 0 aromatic heterocycles. The lowest BCUT2D eigenvalue weighted by Crippen LogP contribution is -2.46. The Bertz CT molecular complexity index is 445. The molecule has 0 saturated carbocycles. The fraction of sp³-hybridized carbons (Fsp3) is 0.500. The summed E-state index contributed by atoms with van der Waals surface area (Å²) in [6.07, 6.45) is 0.641. The smallest absolute Gasteiger partial charge is 0.260 e. The first kappa shape index (κ1) is 12.9. The van der Waals surface area contributed by atoms with Crippen molar-refractivity contribution in [2.24, 2.45) is 0 Å². The number of amides is 1. The van der Waals surface area contributed by atoms with Crippen LogP contribution in [-0.2, 0) is 11.3 Å². The molecule has 4 heteroatoms. The van der Waals surface area contributed by atoms with E-state index < -0.39 is 0 Å². The molecule has 0 spiro atoms. The Morgan fingerprint density at radius 1 is 1.39 bits per heavy atom. The van der Waals surface area contributed by atoms with Gasteiger partial charge in [0.05, 0.1) is 12.2 Å². The third kappa shape index (κ3) is 2.20. The van der Waals surface area contributed by atoms with Gasteiger partial charge < -0.3 is 14.4 Å². The van der Waals surface area contributed by atoms with Gasteiger partial charge in [-0.15, -0.1) is 0 Å². The van der Waals surface area contributed by atoms with Crippen LogP contribution in [0.15, 0.2) is 18.2 Å². The van der Waals surface area contributed by atoms with Gasteiger partial charge in [0.1, 0.15) is 5.75 Å². The number of hydrogen-bond donors (Lipinski definition) is 0. The van der Waals surface area contributed by atoms with Crippen LogP contribution in [0, 0.1) is 0 Å². The molecule has 1 aliphatic heterocycles. The fourth-order valence-corrected chi connectivity index (χ4v) is 2.25. The molecular formula is C14H19NO3. The normalized spacial score (nSPS) is 18.5. The largest absolute Gasteiger partial charge is 0.470 e. The fourth-order valence-electron chi connectivity index (χ4n) is 2.25. The van der Waals surface area contributed by atoms with E-state index >= 15 is 0 Å². The number of benzene rings is 1. The van der Waals surface area contributed by atoms with Crippen LogP contribution in [0.5, 0.6) is 5.75 Å². The highest BCUT2D eigenvalue weighted by molar-refractivity contribution is 5.98. The standard InChI is InChI=1S/C14H19NO3/c1-4-13-15(5-2)14(16)11-8-10(9-17-3)6-7-12(11)18-13/h6-8,13H,4-5,9H2,1-3H3. The number of carbonyl (C=O) groups is 1. The van der Waals surface area contributed by atoms with Crippen molar-refractivity contribution in [3.63, 3.8) is 0 Å². The minimum Gasteiger partial charge on any atom is -0.470 e. The predicted molar refractivity (Wildman–Crippen MR) is 68.6 cm³/mol. The highest BCUT2D eigenvalue weighted by atomic mass is 16.5. The van der Waals surface area contributed by atoms with Crippen LogP contribution in [0.25, 0.3) is 0 Å². The van der Waals surface area contributed by atoms with Gasteiger partial charge in [0.25, 0.3) is 5.91 Å². The Kier molecular flexibility index (Phi) is 3.87. The number of carbonyl (C=O) groups excluding carboxylic acids is 1. The summed E-state index contributed by atoms with van der Waals surface area (Å²) in [4.78, 5) is 14.1. The molecule has 0 bridgehead atoms. The Hall–Kier alpha value is -1.55. The van der Waals surface area contributed by atoms with Gasteiger partial charge in [-0.25, -0.2) is 0 Å². The third-order valence-electron chi connectivity index (χ3n) is 3.15. The van der Waals surface area contributed by atoms with Crippen LogP contribution in [0.3, 0.4) is 0 Å². The average molecular weight is 249 g/mol. The Morgan fingerprint density at radius 2 is 2.17 bits per heavy atom. The first-order valence-corrected chi connectivity index (χ1v) is 6.30. The molecule has 1 amide bonds. The number of fused-ring (bicyclic) bond motifs is 1. The van der Waals surface area contributed by atoms with E-state index in [1.165, 1.54) is 0 Å². The Labute approximate surface area is 107 Å². The molecule has 0 radical (unpaired) electrons. The summed E-state index contributed by atoms with van der Waals surface area (Å²) in [5.41, 5.74) is 1.62. The maximum atomic E-state index is 12.4. The summed E-state index contributed by atoms with van der Waals surface area (Å²) in [5, 5.41) is 0. The number of hydrogen-bond acceptors (Lipinski definition) is 3. The molecule has 0 fully saturated rings. The summed E-state index contributed by atoms with van der Waals surface area (Å²) in [5.74, 6) is 0.722. The first-order chi connectivity index (χ1) is 8.71. The van der Waals surface area contributed by atoms with Crippen LogP contribution in [0.4, 0.5) is 0 Å². The van der Waals surface area contributed by atoms with Crippen molar-refractivity contribution in [1.82, 2.24) is 4.90 Å². The average Bonchev–Trinajstić information content (AvgIpc) is 2.39. The van der Waals surface area contributed by atoms with Crippen LogP contribution >= 0.6 is 0 Å². The minimum absolute atomic E-state index is 0.0450. The SMILES string of the molecule is CCC1Oc2ccc(COC)cc2C(=O)N1CC. The van der Waals surface area contributed by atoms with Gasteiger partial charge in [0, 0.05) is 20.1 Å². The van der Waals surface area contributed by atoms with Crippen molar-refractivity contribution >= 4 is 5.91 Å². The van der Waals surface area contributed by atoms with Crippen molar-refractivity contribution in [1.29, 1.82) is 0 Å². The van der Waals surface area contributed by atoms with Gasteiger partial charge in [-0.2, -0.15) is 0 Å². The lowest BCUT2D eigenvalue weighted by molar-refractivity contribution is 0.0105. The van der Waals surface area contributed by atoms with Crippen LogP contribution < -0.4 is 4.74 Å². The van der Waals surface area contributed by atoms with Crippen LogP contribution in [0.2, 0.25) is 0 Å². The van der Waals surface area contributed by atoms with E-state index in [9.17, 15) is 4.79 Å². The zero-order valence-corrected chi connectivity index (χ0v) is 11.1. The first-order valence-electron chi connectivity index (χ1n) is 6.30. The second-order valence-corrected chi connectivity index (χ2v) is 4.34. The molecule has 0 saturated heterocycles. The molecule has 0 N–H and O–H groups in total. The lowest BCUT2D eigenvalue weighted by atomic mass is 10.1. The Balaban J connectivity index is 2.36. The van der Waals surface area contributed by atoms with E-state index in [0.29, 0.717) is 24.5 Å². The van der Waals surface area contributed by atoms with Crippen molar-refractivity contribution in [2.45, 2.75) is 33.1 Å². The highest BCUT2D eigenvalue weighted by Crippen LogP contribution is 2.29. The summed E-state index contributed by atoms with van der Waals surface area (Å²) >= 11 is 0. The molecule has 0 aliphatic carbocycles. The zero-order valence-electron chi connectivity index (χ0n) is 11.1. The van der Waals surface area contributed by atoms with Gasteiger partial charge in [0.2, 0.25) is 0 Å². The molecule has 1 aromatic carbocycles. The monoisotopic (exact) mass is 249 g/mol. The minimum atomic E-state index is -0.150. The third-order valence-corrected chi connectivity index (χ3v) is 3.15. The topological polar surface area (TPSA) is 38.8 Å². The molecule has 1 heterocycles. The zero-order chi connectivity index (χ0) is 13.1. The number of methoxy groups -OCH3 is 1. The number of ether oxygens (including phenoxy) is 2. The second kappa shape index (κ2) is 5.40.